The molecule has 2 fully saturated rings. The van der Waals surface area contributed by atoms with E-state index in [0.29, 0.717) is 57.4 Å². The number of nitrogens with two attached hydrogens (primary N) is 1. The molecular weight excluding hydrogens is 637 g/mol. The van der Waals surface area contributed by atoms with Gasteiger partial charge in [-0.25, -0.2) is 13.6 Å². The fourth-order valence-electron chi connectivity index (χ4n) is 8.34. The van der Waals surface area contributed by atoms with E-state index in [1.54, 1.807) is 23.2 Å². The van der Waals surface area contributed by atoms with Crippen LogP contribution in [0, 0.1) is 23.1 Å². The quantitative estimate of drug-likeness (QED) is 0.167. The maximum absolute atomic E-state index is 16.7. The zero-order chi connectivity index (χ0) is 35.6. The van der Waals surface area contributed by atoms with Crippen molar-refractivity contribution in [2.75, 3.05) is 23.7 Å². The zero-order valence-electron chi connectivity index (χ0n) is 30.0. The Kier molecular flexibility index (Phi) is 8.89. The molecule has 2 atom stereocenters. The second-order valence-electron chi connectivity index (χ2n) is 15.5. The SMILES string of the molecule is CC(C)[Si](C#Cc1c(F)ccc2cccc(-c3ncc4c(N5C[C@@H]6[C@H]5CCN6C(=O)OC(C)(C)C)c(N)cnc4c3F)c12)(C(C)C)C(C)C. The number of benzene rings is 2. The van der Waals surface area contributed by atoms with Crippen molar-refractivity contribution in [3.8, 4) is 22.7 Å². The lowest BCUT2D eigenvalue weighted by atomic mass is 9.94. The molecular formula is C39H47F2N5O2Si. The van der Waals surface area contributed by atoms with Crippen LogP contribution in [0.15, 0.2) is 42.7 Å². The minimum atomic E-state index is -2.19. The molecule has 6 rings (SSSR count). The van der Waals surface area contributed by atoms with Gasteiger partial charge in [-0.15, -0.1) is 5.54 Å². The van der Waals surface area contributed by atoms with Crippen molar-refractivity contribution >= 4 is 47.2 Å². The summed E-state index contributed by atoms with van der Waals surface area (Å²) in [6, 6.07) is 8.62. The summed E-state index contributed by atoms with van der Waals surface area (Å²) in [6.45, 7) is 20.0. The predicted octanol–water partition coefficient (Wildman–Crippen LogP) is 9.08. The number of halogens is 2. The minimum Gasteiger partial charge on any atom is -0.444 e. The fourth-order valence-corrected chi connectivity index (χ4v) is 13.5. The summed E-state index contributed by atoms with van der Waals surface area (Å²) in [5.74, 6) is 2.26. The molecule has 4 aromatic rings. The third kappa shape index (κ3) is 5.80. The molecule has 0 bridgehead atoms. The standard InChI is InChI=1S/C39H47F2N5O2Si/c1-22(2)49(23(3)4,24(5)6)18-16-26-29(40)14-13-25-11-10-12-27(33(25)26)35-34(41)36-28(19-43-35)37(30(42)20-44-36)46-21-32-31(46)15-17-45(32)38(47)48-39(7,8)9/h10-14,19-20,22-24,31-32H,15,17,21,42H2,1-9H3/t31-,32-/m1/s1. The predicted molar refractivity (Wildman–Crippen MR) is 197 cm³/mol. The molecule has 7 nitrogen and oxygen atoms in total. The van der Waals surface area contributed by atoms with Gasteiger partial charge in [0, 0.05) is 35.6 Å². The molecule has 0 aliphatic carbocycles. The molecule has 4 heterocycles. The molecule has 49 heavy (non-hydrogen) atoms. The number of carbonyl (C=O) groups excluding carboxylic acids is 1. The minimum absolute atomic E-state index is 0.0171. The molecule has 10 heteroatoms. The Morgan fingerprint density at radius 1 is 1.00 bits per heavy atom. The normalized spacial score (nSPS) is 17.9. The smallest absolute Gasteiger partial charge is 0.410 e. The first-order chi connectivity index (χ1) is 23.1. The third-order valence-electron chi connectivity index (χ3n) is 10.6. The Hall–Kier alpha value is -4.23. The van der Waals surface area contributed by atoms with E-state index >= 15 is 8.78 Å². The Labute approximate surface area is 289 Å². The number of carbonyl (C=O) groups is 1. The molecule has 2 N–H and O–H groups in total. The summed E-state index contributed by atoms with van der Waals surface area (Å²) in [5, 5.41) is 1.78. The van der Waals surface area contributed by atoms with Crippen molar-refractivity contribution in [3.05, 3.63) is 59.9 Å². The van der Waals surface area contributed by atoms with Gasteiger partial charge in [0.05, 0.1) is 35.2 Å². The molecule has 2 aromatic heterocycles. The molecule has 2 saturated heterocycles. The Balaban J connectivity index is 1.43. The van der Waals surface area contributed by atoms with Gasteiger partial charge in [-0.05, 0) is 55.3 Å². The van der Waals surface area contributed by atoms with Crippen LogP contribution in [0.25, 0.3) is 32.9 Å². The van der Waals surface area contributed by atoms with Crippen LogP contribution in [0.4, 0.5) is 25.0 Å². The number of fused-ring (bicyclic) bond motifs is 3. The number of rotatable bonds is 5. The first-order valence-corrected chi connectivity index (χ1v) is 19.5. The molecule has 0 radical (unpaired) electrons. The number of pyridine rings is 2. The van der Waals surface area contributed by atoms with Gasteiger partial charge in [-0.1, -0.05) is 71.7 Å². The number of hydrogen-bond donors (Lipinski definition) is 1. The average Bonchev–Trinajstić information content (AvgIpc) is 3.34. The molecule has 2 aromatic carbocycles. The zero-order valence-corrected chi connectivity index (χ0v) is 31.0. The van der Waals surface area contributed by atoms with Crippen LogP contribution in [0.1, 0.15) is 74.3 Å². The van der Waals surface area contributed by atoms with Gasteiger partial charge in [0.1, 0.15) is 30.7 Å². The van der Waals surface area contributed by atoms with Crippen LogP contribution in [-0.2, 0) is 4.74 Å². The van der Waals surface area contributed by atoms with E-state index in [-0.39, 0.29) is 35.0 Å². The highest BCUT2D eigenvalue weighted by Gasteiger charge is 2.50. The van der Waals surface area contributed by atoms with Crippen molar-refractivity contribution in [2.24, 2.45) is 0 Å². The van der Waals surface area contributed by atoms with Crippen molar-refractivity contribution in [1.29, 1.82) is 0 Å². The van der Waals surface area contributed by atoms with Crippen LogP contribution in [-0.4, -0.2) is 59.8 Å². The number of nitrogen functional groups attached to an aromatic ring is 1. The van der Waals surface area contributed by atoms with E-state index in [9.17, 15) is 4.79 Å². The number of likely N-dealkylation sites (tertiary alicyclic amines) is 1. The van der Waals surface area contributed by atoms with E-state index in [4.69, 9.17) is 10.5 Å². The molecule has 0 saturated carbocycles. The molecule has 2 aliphatic rings. The Morgan fingerprint density at radius 2 is 1.69 bits per heavy atom. The number of anilines is 2. The maximum atomic E-state index is 16.7. The van der Waals surface area contributed by atoms with Crippen molar-refractivity contribution < 1.29 is 18.3 Å². The van der Waals surface area contributed by atoms with E-state index in [1.165, 1.54) is 12.3 Å². The lowest BCUT2D eigenvalue weighted by Gasteiger charge is -2.48. The number of amides is 1. The summed E-state index contributed by atoms with van der Waals surface area (Å²) in [5.41, 5.74) is 12.7. The van der Waals surface area contributed by atoms with Gasteiger partial charge in [-0.3, -0.25) is 9.97 Å². The summed E-state index contributed by atoms with van der Waals surface area (Å²) < 4.78 is 38.1. The topological polar surface area (TPSA) is 84.6 Å². The first kappa shape index (κ1) is 34.6. The molecule has 1 amide bonds. The van der Waals surface area contributed by atoms with Gasteiger partial charge in [0.25, 0.3) is 0 Å². The third-order valence-corrected chi connectivity index (χ3v) is 16.9. The van der Waals surface area contributed by atoms with Crippen molar-refractivity contribution in [3.63, 3.8) is 0 Å². The number of ether oxygens (including phenoxy) is 1. The van der Waals surface area contributed by atoms with Crippen LogP contribution >= 0.6 is 0 Å². The van der Waals surface area contributed by atoms with E-state index in [0.717, 1.165) is 11.8 Å². The second-order valence-corrected chi connectivity index (χ2v) is 21.0. The highest BCUT2D eigenvalue weighted by Crippen LogP contribution is 2.45. The Morgan fingerprint density at radius 3 is 2.35 bits per heavy atom. The van der Waals surface area contributed by atoms with E-state index in [1.807, 2.05) is 32.9 Å². The van der Waals surface area contributed by atoms with E-state index < -0.39 is 25.3 Å². The highest BCUT2D eigenvalue weighted by molar-refractivity contribution is 6.90. The van der Waals surface area contributed by atoms with Gasteiger partial charge in [0.2, 0.25) is 0 Å². The lowest BCUT2D eigenvalue weighted by molar-refractivity contribution is 0.0194. The van der Waals surface area contributed by atoms with E-state index in [2.05, 4.69) is 67.9 Å². The molecule has 258 valence electrons. The summed E-state index contributed by atoms with van der Waals surface area (Å²) in [4.78, 5) is 25.9. The largest absolute Gasteiger partial charge is 0.444 e. The van der Waals surface area contributed by atoms with Crippen LogP contribution in [0.5, 0.6) is 0 Å². The monoisotopic (exact) mass is 683 g/mol. The second kappa shape index (κ2) is 12.6. The lowest BCUT2D eigenvalue weighted by Crippen LogP contribution is -2.63. The van der Waals surface area contributed by atoms with Crippen LogP contribution in [0.3, 0.4) is 0 Å². The van der Waals surface area contributed by atoms with Crippen molar-refractivity contribution in [1.82, 2.24) is 14.9 Å². The molecule has 0 unspecified atom stereocenters. The summed E-state index contributed by atoms with van der Waals surface area (Å²) >= 11 is 0. The van der Waals surface area contributed by atoms with Gasteiger partial charge < -0.3 is 20.3 Å². The van der Waals surface area contributed by atoms with Crippen molar-refractivity contribution in [2.45, 2.75) is 103 Å². The van der Waals surface area contributed by atoms with Crippen LogP contribution < -0.4 is 10.6 Å². The number of aromatic nitrogens is 2. The Bertz CT molecular complexity index is 1990. The first-order valence-electron chi connectivity index (χ1n) is 17.3. The fraction of sp³-hybridized carbons (Fsp3) is 0.462. The molecule has 0 spiro atoms. The highest BCUT2D eigenvalue weighted by atomic mass is 28.3. The van der Waals surface area contributed by atoms with Gasteiger partial charge in [0.15, 0.2) is 5.82 Å². The van der Waals surface area contributed by atoms with Gasteiger partial charge >= 0.3 is 6.09 Å². The summed E-state index contributed by atoms with van der Waals surface area (Å²) in [7, 11) is -2.19. The number of hydrogen-bond acceptors (Lipinski definition) is 6. The van der Waals surface area contributed by atoms with Crippen LogP contribution in [0.2, 0.25) is 16.6 Å². The average molecular weight is 684 g/mol. The number of nitrogens with zero attached hydrogens (tertiary/aromatic N) is 4. The maximum Gasteiger partial charge on any atom is 0.410 e. The van der Waals surface area contributed by atoms with Gasteiger partial charge in [-0.2, -0.15) is 0 Å². The molecule has 2 aliphatic heterocycles. The summed E-state index contributed by atoms with van der Waals surface area (Å²) in [6.07, 6.45) is 3.50.